The van der Waals surface area contributed by atoms with Gasteiger partial charge in [0.2, 0.25) is 0 Å². The van der Waals surface area contributed by atoms with Gasteiger partial charge in [0.25, 0.3) is 0 Å². The van der Waals surface area contributed by atoms with E-state index in [0.717, 1.165) is 0 Å². The molecule has 0 aromatic heterocycles. The molecule has 0 N–H and O–H groups in total. The molecule has 0 saturated carbocycles. The zero-order valence-electron chi connectivity index (χ0n) is 12.4. The third-order valence-electron chi connectivity index (χ3n) is 3.06. The van der Waals surface area contributed by atoms with Crippen LogP contribution in [0.15, 0.2) is 12.1 Å². The minimum atomic E-state index is -1.35. The predicted molar refractivity (Wildman–Crippen MR) is 72.2 cm³/mol. The highest BCUT2D eigenvalue weighted by Gasteiger charge is 2.16. The summed E-state index contributed by atoms with van der Waals surface area (Å²) in [6, 6.07) is 3.00. The predicted octanol–water partition coefficient (Wildman–Crippen LogP) is 0.811. The van der Waals surface area contributed by atoms with Crippen LogP contribution >= 0.6 is 0 Å². The van der Waals surface area contributed by atoms with E-state index in [1.165, 1.54) is 6.07 Å². The van der Waals surface area contributed by atoms with Gasteiger partial charge in [-0.2, -0.15) is 0 Å². The third kappa shape index (κ3) is 3.83. The topological polar surface area (TPSA) is 80.3 Å². The third-order valence-corrected chi connectivity index (χ3v) is 3.06. The van der Waals surface area contributed by atoms with Crippen molar-refractivity contribution in [3.63, 3.8) is 0 Å². The molecule has 0 atom stereocenters. The largest absolute Gasteiger partial charge is 0.545 e. The molecule has 4 heteroatoms. The van der Waals surface area contributed by atoms with Crippen LogP contribution in [0.3, 0.4) is 0 Å². The van der Waals surface area contributed by atoms with E-state index in [2.05, 4.69) is 0 Å². The van der Waals surface area contributed by atoms with Crippen LogP contribution in [-0.2, 0) is 12.8 Å². The number of carboxylic acids is 2. The molecular formula is C16H20O4-2. The lowest BCUT2D eigenvalue weighted by Gasteiger charge is -2.22. The summed E-state index contributed by atoms with van der Waals surface area (Å²) >= 11 is 0. The van der Waals surface area contributed by atoms with E-state index in [4.69, 9.17) is 0 Å². The van der Waals surface area contributed by atoms with Gasteiger partial charge < -0.3 is 19.8 Å². The number of carboxylic acid groups (broad SMARTS) is 2. The first-order chi connectivity index (χ1) is 9.23. The van der Waals surface area contributed by atoms with E-state index in [9.17, 15) is 19.8 Å². The Bertz CT molecular complexity index is 515. The molecule has 0 spiro atoms. The molecule has 0 fully saturated rings. The standard InChI is InChI=1S/C16H22O4/c1-9(2)7-11-5-6-12(15(17)18)13(8-10(3)4)14(11)16(19)20/h5-6,9-10H,7-8H2,1-4H3,(H,17,18)(H,19,20)/p-2. The van der Waals surface area contributed by atoms with Crippen molar-refractivity contribution in [2.24, 2.45) is 11.8 Å². The maximum atomic E-state index is 11.5. The molecule has 0 bridgehead atoms. The Kier molecular flexibility index (Phi) is 5.31. The number of hydrogen-bond acceptors (Lipinski definition) is 4. The molecule has 0 unspecified atom stereocenters. The Labute approximate surface area is 119 Å². The number of benzene rings is 1. The van der Waals surface area contributed by atoms with Crippen LogP contribution in [0.25, 0.3) is 0 Å². The summed E-state index contributed by atoms with van der Waals surface area (Å²) in [5.41, 5.74) is 0.915. The van der Waals surface area contributed by atoms with E-state index < -0.39 is 11.9 Å². The van der Waals surface area contributed by atoms with Crippen LogP contribution in [0.5, 0.6) is 0 Å². The van der Waals surface area contributed by atoms with Gasteiger partial charge in [-0.15, -0.1) is 0 Å². The van der Waals surface area contributed by atoms with Crippen molar-refractivity contribution in [3.8, 4) is 0 Å². The van der Waals surface area contributed by atoms with Gasteiger partial charge in [0.05, 0.1) is 11.9 Å². The molecule has 0 aliphatic carbocycles. The van der Waals surface area contributed by atoms with Gasteiger partial charge in [0, 0.05) is 11.1 Å². The van der Waals surface area contributed by atoms with Crippen LogP contribution < -0.4 is 10.2 Å². The molecule has 0 amide bonds. The van der Waals surface area contributed by atoms with Crippen LogP contribution in [-0.4, -0.2) is 11.9 Å². The normalized spacial score (nSPS) is 11.1. The van der Waals surface area contributed by atoms with E-state index in [1.807, 2.05) is 27.7 Å². The molecule has 4 nitrogen and oxygen atoms in total. The van der Waals surface area contributed by atoms with Crippen LogP contribution in [0, 0.1) is 11.8 Å². The van der Waals surface area contributed by atoms with Gasteiger partial charge in [-0.1, -0.05) is 39.8 Å². The molecule has 1 aromatic carbocycles. The fourth-order valence-electron chi connectivity index (χ4n) is 2.37. The highest BCUT2D eigenvalue weighted by atomic mass is 16.4. The Balaban J connectivity index is 3.51. The van der Waals surface area contributed by atoms with Gasteiger partial charge >= 0.3 is 0 Å². The zero-order chi connectivity index (χ0) is 15.4. The second kappa shape index (κ2) is 6.55. The van der Waals surface area contributed by atoms with Crippen molar-refractivity contribution in [2.45, 2.75) is 40.5 Å². The van der Waals surface area contributed by atoms with Crippen LogP contribution in [0.4, 0.5) is 0 Å². The van der Waals surface area contributed by atoms with Crippen LogP contribution in [0.2, 0.25) is 0 Å². The number of aromatic carboxylic acids is 2. The molecule has 0 aliphatic heterocycles. The molecule has 1 aromatic rings. The SMILES string of the molecule is CC(C)Cc1ccc(C(=O)[O-])c(CC(C)C)c1C(=O)[O-]. The quantitative estimate of drug-likeness (QED) is 0.770. The highest BCUT2D eigenvalue weighted by Crippen LogP contribution is 2.24. The van der Waals surface area contributed by atoms with E-state index >= 15 is 0 Å². The summed E-state index contributed by atoms with van der Waals surface area (Å²) in [5.74, 6) is -2.26. The average molecular weight is 276 g/mol. The molecule has 0 saturated heterocycles. The summed E-state index contributed by atoms with van der Waals surface area (Å²) in [7, 11) is 0. The van der Waals surface area contributed by atoms with Gasteiger partial charge in [-0.25, -0.2) is 0 Å². The second-order valence-electron chi connectivity index (χ2n) is 5.90. The molecule has 20 heavy (non-hydrogen) atoms. The zero-order valence-corrected chi connectivity index (χ0v) is 12.4. The van der Waals surface area contributed by atoms with Crippen LogP contribution in [0.1, 0.15) is 59.5 Å². The lowest BCUT2D eigenvalue weighted by molar-refractivity contribution is -0.255. The van der Waals surface area contributed by atoms with E-state index in [1.54, 1.807) is 6.07 Å². The summed E-state index contributed by atoms with van der Waals surface area (Å²) in [4.78, 5) is 22.6. The molecular weight excluding hydrogens is 256 g/mol. The van der Waals surface area contributed by atoms with Crippen molar-refractivity contribution < 1.29 is 19.8 Å². The monoisotopic (exact) mass is 276 g/mol. The Morgan fingerprint density at radius 3 is 1.90 bits per heavy atom. The van der Waals surface area contributed by atoms with Crippen molar-refractivity contribution in [2.75, 3.05) is 0 Å². The first kappa shape index (κ1) is 16.2. The van der Waals surface area contributed by atoms with Crippen molar-refractivity contribution in [3.05, 3.63) is 34.4 Å². The second-order valence-corrected chi connectivity index (χ2v) is 5.90. The fraction of sp³-hybridized carbons (Fsp3) is 0.500. The Hall–Kier alpha value is -1.84. The van der Waals surface area contributed by atoms with E-state index in [-0.39, 0.29) is 23.0 Å². The Morgan fingerprint density at radius 1 is 0.950 bits per heavy atom. The Morgan fingerprint density at radius 2 is 1.50 bits per heavy atom. The summed E-state index contributed by atoms with van der Waals surface area (Å²) in [6.07, 6.45) is 0.945. The van der Waals surface area contributed by atoms with Gasteiger partial charge in [-0.3, -0.25) is 0 Å². The van der Waals surface area contributed by atoms with Gasteiger partial charge in [-0.05, 0) is 35.8 Å². The molecule has 0 aliphatic rings. The first-order valence-electron chi connectivity index (χ1n) is 6.81. The summed E-state index contributed by atoms with van der Waals surface area (Å²) < 4.78 is 0. The number of carbonyl (C=O) groups excluding carboxylic acids is 2. The van der Waals surface area contributed by atoms with Crippen molar-refractivity contribution >= 4 is 11.9 Å². The summed E-state index contributed by atoms with van der Waals surface area (Å²) in [5, 5.41) is 22.6. The van der Waals surface area contributed by atoms with E-state index in [0.29, 0.717) is 24.0 Å². The number of rotatable bonds is 6. The number of hydrogen-bond donors (Lipinski definition) is 0. The minimum absolute atomic E-state index is 0.0223. The van der Waals surface area contributed by atoms with Crippen molar-refractivity contribution in [1.29, 1.82) is 0 Å². The molecule has 1 rings (SSSR count). The average Bonchev–Trinajstić information content (AvgIpc) is 2.26. The lowest BCUT2D eigenvalue weighted by Crippen LogP contribution is -2.30. The maximum Gasteiger partial charge on any atom is 0.0721 e. The van der Waals surface area contributed by atoms with Gasteiger partial charge in [0.1, 0.15) is 0 Å². The highest BCUT2D eigenvalue weighted by molar-refractivity contribution is 5.96. The smallest absolute Gasteiger partial charge is 0.0721 e. The first-order valence-corrected chi connectivity index (χ1v) is 6.81. The maximum absolute atomic E-state index is 11.5. The number of carbonyl (C=O) groups is 2. The summed E-state index contributed by atoms with van der Waals surface area (Å²) in [6.45, 7) is 7.78. The van der Waals surface area contributed by atoms with Gasteiger partial charge in [0.15, 0.2) is 0 Å². The lowest BCUT2D eigenvalue weighted by atomic mass is 9.87. The molecule has 0 heterocycles. The fourth-order valence-corrected chi connectivity index (χ4v) is 2.37. The molecule has 110 valence electrons. The van der Waals surface area contributed by atoms with Crippen molar-refractivity contribution in [1.82, 2.24) is 0 Å². The molecule has 0 radical (unpaired) electrons. The minimum Gasteiger partial charge on any atom is -0.545 e.